The van der Waals surface area contributed by atoms with E-state index < -0.39 is 11.7 Å². The zero-order chi connectivity index (χ0) is 20.0. The number of rotatable bonds is 4. The molecule has 0 fully saturated rings. The third kappa shape index (κ3) is 3.00. The first-order chi connectivity index (χ1) is 14.1. The number of benzene rings is 2. The number of hydrogen-bond acceptors (Lipinski definition) is 6. The molecule has 0 spiro atoms. The molecule has 0 saturated heterocycles. The van der Waals surface area contributed by atoms with E-state index in [4.69, 9.17) is 5.10 Å². The summed E-state index contributed by atoms with van der Waals surface area (Å²) < 4.78 is 0. The van der Waals surface area contributed by atoms with E-state index in [0.29, 0.717) is 17.7 Å². The van der Waals surface area contributed by atoms with Gasteiger partial charge in [-0.15, -0.1) is 11.3 Å². The zero-order valence-corrected chi connectivity index (χ0v) is 16.2. The van der Waals surface area contributed by atoms with Gasteiger partial charge in [0, 0.05) is 6.42 Å². The number of hydrazone groups is 1. The van der Waals surface area contributed by atoms with Crippen LogP contribution in [0.15, 0.2) is 71.1 Å². The number of aromatic hydroxyl groups is 1. The van der Waals surface area contributed by atoms with Gasteiger partial charge in [-0.25, -0.2) is 0 Å². The third-order valence-electron chi connectivity index (χ3n) is 5.24. The molecule has 29 heavy (non-hydrogen) atoms. The Bertz CT molecular complexity index is 1120. The van der Waals surface area contributed by atoms with Crippen LogP contribution >= 0.6 is 11.3 Å². The Hall–Kier alpha value is -3.45. The second-order valence-electron chi connectivity index (χ2n) is 7.00. The minimum absolute atomic E-state index is 0.0941. The molecule has 0 aliphatic carbocycles. The first-order valence-corrected chi connectivity index (χ1v) is 10.1. The zero-order valence-electron chi connectivity index (χ0n) is 15.4. The SMILES string of the molecule is O=C1C(=O)N(CN2N=C(c3cccs3)C[C@H]2c2ccc(O)cc2)c2ccccc21. The second kappa shape index (κ2) is 6.86. The maximum absolute atomic E-state index is 12.6. The fourth-order valence-electron chi connectivity index (χ4n) is 3.80. The summed E-state index contributed by atoms with van der Waals surface area (Å²) in [6.07, 6.45) is 0.683. The monoisotopic (exact) mass is 403 g/mol. The van der Waals surface area contributed by atoms with Gasteiger partial charge < -0.3 is 5.11 Å². The number of ketones is 1. The largest absolute Gasteiger partial charge is 0.508 e. The topological polar surface area (TPSA) is 73.2 Å². The normalized spacial score (nSPS) is 18.3. The van der Waals surface area contributed by atoms with Crippen molar-refractivity contribution < 1.29 is 14.7 Å². The first kappa shape index (κ1) is 17.6. The summed E-state index contributed by atoms with van der Waals surface area (Å²) in [4.78, 5) is 27.5. The number of amides is 1. The van der Waals surface area contributed by atoms with Crippen molar-refractivity contribution >= 4 is 34.4 Å². The molecule has 1 aromatic heterocycles. The summed E-state index contributed by atoms with van der Waals surface area (Å²) >= 11 is 1.62. The van der Waals surface area contributed by atoms with Gasteiger partial charge >= 0.3 is 5.91 Å². The molecule has 2 aliphatic heterocycles. The standard InChI is InChI=1S/C22H17N3O3S/c26-15-9-7-14(8-10-15)19-12-17(20-6-3-11-29-20)23-25(19)13-24-18-5-2-1-4-16(18)21(27)22(24)28/h1-11,19,26H,12-13H2/t19-/m0/s1. The lowest BCUT2D eigenvalue weighted by Crippen LogP contribution is -2.39. The number of Topliss-reactive ketones (excluding diaryl/α,β-unsaturated/α-hetero) is 1. The van der Waals surface area contributed by atoms with Crippen molar-refractivity contribution in [3.8, 4) is 5.75 Å². The number of para-hydroxylation sites is 1. The molecule has 5 rings (SSSR count). The molecular weight excluding hydrogens is 386 g/mol. The molecule has 0 unspecified atom stereocenters. The van der Waals surface area contributed by atoms with E-state index in [9.17, 15) is 14.7 Å². The number of phenolic OH excluding ortho intramolecular Hbond substituents is 1. The van der Waals surface area contributed by atoms with Crippen LogP contribution in [0.25, 0.3) is 0 Å². The van der Waals surface area contributed by atoms with Crippen molar-refractivity contribution in [3.05, 3.63) is 82.0 Å². The average molecular weight is 403 g/mol. The number of hydrogen-bond donors (Lipinski definition) is 1. The van der Waals surface area contributed by atoms with Gasteiger partial charge in [0.2, 0.25) is 0 Å². The molecule has 7 heteroatoms. The molecule has 0 bridgehead atoms. The Balaban J connectivity index is 1.50. The minimum atomic E-state index is -0.532. The fourth-order valence-corrected chi connectivity index (χ4v) is 4.52. The molecule has 6 nitrogen and oxygen atoms in total. The number of phenols is 1. The molecule has 1 amide bonds. The first-order valence-electron chi connectivity index (χ1n) is 9.24. The number of anilines is 1. The second-order valence-corrected chi connectivity index (χ2v) is 7.94. The molecule has 0 radical (unpaired) electrons. The van der Waals surface area contributed by atoms with E-state index in [1.54, 1.807) is 41.7 Å². The van der Waals surface area contributed by atoms with Crippen LogP contribution in [0.4, 0.5) is 5.69 Å². The molecule has 144 valence electrons. The van der Waals surface area contributed by atoms with Crippen LogP contribution < -0.4 is 4.90 Å². The number of thiophene rings is 1. The van der Waals surface area contributed by atoms with Crippen LogP contribution in [0.5, 0.6) is 5.75 Å². The maximum atomic E-state index is 12.6. The fraction of sp³-hybridized carbons (Fsp3) is 0.136. The summed E-state index contributed by atoms with van der Waals surface area (Å²) in [7, 11) is 0. The quantitative estimate of drug-likeness (QED) is 0.673. The van der Waals surface area contributed by atoms with Crippen molar-refractivity contribution in [2.45, 2.75) is 12.5 Å². The lowest BCUT2D eigenvalue weighted by molar-refractivity contribution is -0.114. The highest BCUT2D eigenvalue weighted by Gasteiger charge is 2.39. The van der Waals surface area contributed by atoms with Gasteiger partial charge in [-0.2, -0.15) is 5.10 Å². The number of carbonyl (C=O) groups excluding carboxylic acids is 2. The van der Waals surface area contributed by atoms with Gasteiger partial charge in [0.1, 0.15) is 12.4 Å². The van der Waals surface area contributed by atoms with Gasteiger partial charge in [-0.05, 0) is 41.3 Å². The minimum Gasteiger partial charge on any atom is -0.508 e. The Morgan fingerprint density at radius 1 is 1.03 bits per heavy atom. The Morgan fingerprint density at radius 3 is 2.59 bits per heavy atom. The summed E-state index contributed by atoms with van der Waals surface area (Å²) in [5.74, 6) is -0.814. The van der Waals surface area contributed by atoms with Crippen molar-refractivity contribution in [2.24, 2.45) is 5.10 Å². The van der Waals surface area contributed by atoms with E-state index >= 15 is 0 Å². The number of nitrogens with zero attached hydrogens (tertiary/aromatic N) is 3. The molecule has 2 aromatic carbocycles. The third-order valence-corrected chi connectivity index (χ3v) is 6.16. The lowest BCUT2D eigenvalue weighted by atomic mass is 10.0. The highest BCUT2D eigenvalue weighted by Crippen LogP contribution is 2.36. The van der Waals surface area contributed by atoms with Crippen LogP contribution in [-0.2, 0) is 4.79 Å². The number of carbonyl (C=O) groups is 2. The van der Waals surface area contributed by atoms with Crippen molar-refractivity contribution in [1.82, 2.24) is 5.01 Å². The van der Waals surface area contributed by atoms with Crippen LogP contribution in [0.2, 0.25) is 0 Å². The van der Waals surface area contributed by atoms with Crippen molar-refractivity contribution in [3.63, 3.8) is 0 Å². The molecule has 1 N–H and O–H groups in total. The lowest BCUT2D eigenvalue weighted by Gasteiger charge is -2.28. The maximum Gasteiger partial charge on any atom is 0.301 e. The highest BCUT2D eigenvalue weighted by atomic mass is 32.1. The summed E-state index contributed by atoms with van der Waals surface area (Å²) in [5.41, 5.74) is 2.99. The molecule has 0 saturated carbocycles. The Kier molecular flexibility index (Phi) is 4.17. The Labute approximate surface area is 171 Å². The molecule has 3 heterocycles. The smallest absolute Gasteiger partial charge is 0.301 e. The Morgan fingerprint density at radius 2 is 1.83 bits per heavy atom. The van der Waals surface area contributed by atoms with Gasteiger partial charge in [0.25, 0.3) is 5.78 Å². The molecule has 1 atom stereocenters. The highest BCUT2D eigenvalue weighted by molar-refractivity contribution is 7.12. The molecule has 2 aliphatic rings. The van der Waals surface area contributed by atoms with Gasteiger partial charge in [-0.1, -0.05) is 30.3 Å². The predicted octanol–water partition coefficient (Wildman–Crippen LogP) is 3.79. The predicted molar refractivity (Wildman–Crippen MR) is 111 cm³/mol. The van der Waals surface area contributed by atoms with E-state index in [1.807, 2.05) is 40.7 Å². The molecule has 3 aromatic rings. The van der Waals surface area contributed by atoms with Gasteiger partial charge in [-0.3, -0.25) is 19.5 Å². The van der Waals surface area contributed by atoms with Crippen molar-refractivity contribution in [2.75, 3.05) is 11.6 Å². The summed E-state index contributed by atoms with van der Waals surface area (Å²) in [6, 6.07) is 18.0. The average Bonchev–Trinajstić information content (AvgIpc) is 3.45. The van der Waals surface area contributed by atoms with E-state index in [0.717, 1.165) is 16.2 Å². The van der Waals surface area contributed by atoms with Crippen LogP contribution in [0, 0.1) is 0 Å². The van der Waals surface area contributed by atoms with Gasteiger partial charge in [0.05, 0.1) is 27.9 Å². The number of fused-ring (bicyclic) bond motifs is 1. The van der Waals surface area contributed by atoms with Crippen molar-refractivity contribution in [1.29, 1.82) is 0 Å². The summed E-state index contributed by atoms with van der Waals surface area (Å²) in [5, 5.41) is 18.3. The van der Waals surface area contributed by atoms with E-state index in [1.165, 1.54) is 4.90 Å². The van der Waals surface area contributed by atoms with E-state index in [2.05, 4.69) is 0 Å². The summed E-state index contributed by atoms with van der Waals surface area (Å²) in [6.45, 7) is 0.183. The van der Waals surface area contributed by atoms with Crippen LogP contribution in [-0.4, -0.2) is 34.2 Å². The van der Waals surface area contributed by atoms with E-state index in [-0.39, 0.29) is 18.5 Å². The van der Waals surface area contributed by atoms with Crippen LogP contribution in [0.1, 0.15) is 33.3 Å². The van der Waals surface area contributed by atoms with Gasteiger partial charge in [0.15, 0.2) is 0 Å². The molecular formula is C22H17N3O3S. The van der Waals surface area contributed by atoms with Crippen LogP contribution in [0.3, 0.4) is 0 Å².